The quantitative estimate of drug-likeness (QED) is 0.824. The van der Waals surface area contributed by atoms with Crippen molar-refractivity contribution >= 4 is 5.91 Å². The predicted octanol–water partition coefficient (Wildman–Crippen LogP) is 0.950. The van der Waals surface area contributed by atoms with Crippen LogP contribution in [-0.4, -0.2) is 15.6 Å². The number of nitrogens with two attached hydrogens (primary N) is 1. The van der Waals surface area contributed by atoms with E-state index in [2.05, 4.69) is 0 Å². The van der Waals surface area contributed by atoms with Crippen LogP contribution in [0.25, 0.3) is 5.69 Å². The van der Waals surface area contributed by atoms with E-state index in [-0.39, 0.29) is 11.4 Å². The summed E-state index contributed by atoms with van der Waals surface area (Å²) in [6, 6.07) is 9.89. The zero-order valence-electron chi connectivity index (χ0n) is 9.75. The van der Waals surface area contributed by atoms with Gasteiger partial charge in [-0.3, -0.25) is 9.59 Å². The second-order valence-electron chi connectivity index (χ2n) is 3.90. The van der Waals surface area contributed by atoms with E-state index < -0.39 is 11.5 Å². The van der Waals surface area contributed by atoms with Crippen LogP contribution in [0.15, 0.2) is 41.2 Å². The normalized spacial score (nSPS) is 10.3. The number of carbonyl (C=O) groups is 1. The third kappa shape index (κ3) is 1.86. The Labute approximate surface area is 103 Å². The lowest BCUT2D eigenvalue weighted by molar-refractivity contribution is 0.0998. The molecule has 1 aromatic carbocycles. The van der Waals surface area contributed by atoms with Crippen molar-refractivity contribution in [1.82, 2.24) is 4.57 Å². The standard InChI is InChI=1S/C13H12N2O3/c1-8-7-10(16)15(9-5-3-2-4-6-9)13(18)11(8)12(14)17/h2-7,16H,1H3,(H2,14,17). The Hall–Kier alpha value is -2.56. The molecule has 2 rings (SSSR count). The van der Waals surface area contributed by atoms with Crippen molar-refractivity contribution in [1.29, 1.82) is 0 Å². The minimum atomic E-state index is -0.804. The maximum Gasteiger partial charge on any atom is 0.271 e. The maximum atomic E-state index is 12.2. The summed E-state index contributed by atoms with van der Waals surface area (Å²) in [5.74, 6) is -1.03. The first-order valence-corrected chi connectivity index (χ1v) is 5.33. The summed E-state index contributed by atoms with van der Waals surface area (Å²) in [6.45, 7) is 1.55. The maximum absolute atomic E-state index is 12.2. The van der Waals surface area contributed by atoms with E-state index in [0.717, 1.165) is 4.57 Å². The van der Waals surface area contributed by atoms with Gasteiger partial charge in [-0.25, -0.2) is 4.57 Å². The molecule has 0 aliphatic heterocycles. The summed E-state index contributed by atoms with van der Waals surface area (Å²) >= 11 is 0. The summed E-state index contributed by atoms with van der Waals surface area (Å²) in [5, 5.41) is 9.84. The Morgan fingerprint density at radius 3 is 2.44 bits per heavy atom. The van der Waals surface area contributed by atoms with Crippen molar-refractivity contribution in [3.63, 3.8) is 0 Å². The molecule has 0 aliphatic carbocycles. The van der Waals surface area contributed by atoms with Crippen LogP contribution in [-0.2, 0) is 0 Å². The monoisotopic (exact) mass is 244 g/mol. The van der Waals surface area contributed by atoms with Gasteiger partial charge in [-0.2, -0.15) is 0 Å². The molecule has 1 amide bonds. The highest BCUT2D eigenvalue weighted by molar-refractivity contribution is 5.94. The number of benzene rings is 1. The molecular weight excluding hydrogens is 232 g/mol. The first kappa shape index (κ1) is 11.9. The van der Waals surface area contributed by atoms with Gasteiger partial charge in [0.15, 0.2) is 5.88 Å². The topological polar surface area (TPSA) is 85.3 Å². The molecule has 5 heteroatoms. The summed E-state index contributed by atoms with van der Waals surface area (Å²) in [5.41, 5.74) is 5.28. The van der Waals surface area contributed by atoms with Gasteiger partial charge in [0.1, 0.15) is 5.56 Å². The predicted molar refractivity (Wildman–Crippen MR) is 67.0 cm³/mol. The molecule has 0 saturated heterocycles. The molecule has 0 spiro atoms. The first-order valence-electron chi connectivity index (χ1n) is 5.33. The molecule has 0 unspecified atom stereocenters. The SMILES string of the molecule is Cc1cc(O)n(-c2ccccc2)c(=O)c1C(N)=O. The summed E-state index contributed by atoms with van der Waals surface area (Å²) in [4.78, 5) is 23.4. The van der Waals surface area contributed by atoms with Gasteiger partial charge in [-0.1, -0.05) is 18.2 Å². The van der Waals surface area contributed by atoms with Crippen LogP contribution in [0.3, 0.4) is 0 Å². The smallest absolute Gasteiger partial charge is 0.271 e. The highest BCUT2D eigenvalue weighted by Gasteiger charge is 2.16. The molecule has 0 saturated carbocycles. The summed E-state index contributed by atoms with van der Waals surface area (Å²) in [6.07, 6.45) is 0. The van der Waals surface area contributed by atoms with Gasteiger partial charge in [0.2, 0.25) is 0 Å². The molecule has 1 aromatic heterocycles. The number of hydrogen-bond donors (Lipinski definition) is 2. The van der Waals surface area contributed by atoms with Crippen molar-refractivity contribution in [2.24, 2.45) is 5.73 Å². The molecule has 0 aliphatic rings. The fraction of sp³-hybridized carbons (Fsp3) is 0.0769. The van der Waals surface area contributed by atoms with Crippen molar-refractivity contribution in [2.45, 2.75) is 6.92 Å². The number of rotatable bonds is 2. The van der Waals surface area contributed by atoms with E-state index in [1.165, 1.54) is 6.07 Å². The number of nitrogens with zero attached hydrogens (tertiary/aromatic N) is 1. The molecule has 18 heavy (non-hydrogen) atoms. The van der Waals surface area contributed by atoms with Gasteiger partial charge in [0, 0.05) is 6.07 Å². The Morgan fingerprint density at radius 1 is 1.28 bits per heavy atom. The number of primary amides is 1. The number of aryl methyl sites for hydroxylation is 1. The Morgan fingerprint density at radius 2 is 1.89 bits per heavy atom. The lowest BCUT2D eigenvalue weighted by Gasteiger charge is -2.11. The number of aromatic hydroxyl groups is 1. The first-order chi connectivity index (χ1) is 8.52. The average molecular weight is 244 g/mol. The van der Waals surface area contributed by atoms with Crippen LogP contribution < -0.4 is 11.3 Å². The number of amides is 1. The average Bonchev–Trinajstić information content (AvgIpc) is 2.28. The van der Waals surface area contributed by atoms with E-state index in [1.807, 2.05) is 0 Å². The highest BCUT2D eigenvalue weighted by atomic mass is 16.3. The minimum absolute atomic E-state index is 0.114. The van der Waals surface area contributed by atoms with Gasteiger partial charge < -0.3 is 10.8 Å². The molecule has 92 valence electrons. The van der Waals surface area contributed by atoms with E-state index in [9.17, 15) is 14.7 Å². The molecule has 0 atom stereocenters. The Bertz CT molecular complexity index is 660. The van der Waals surface area contributed by atoms with Gasteiger partial charge in [0.05, 0.1) is 5.69 Å². The number of pyridine rings is 1. The molecule has 0 fully saturated rings. The second kappa shape index (κ2) is 4.37. The van der Waals surface area contributed by atoms with Crippen LogP contribution >= 0.6 is 0 Å². The van der Waals surface area contributed by atoms with E-state index >= 15 is 0 Å². The zero-order valence-corrected chi connectivity index (χ0v) is 9.75. The largest absolute Gasteiger partial charge is 0.494 e. The second-order valence-corrected chi connectivity index (χ2v) is 3.90. The van der Waals surface area contributed by atoms with E-state index in [1.54, 1.807) is 37.3 Å². The third-order valence-electron chi connectivity index (χ3n) is 2.65. The van der Waals surface area contributed by atoms with Crippen LogP contribution in [0.4, 0.5) is 0 Å². The lowest BCUT2D eigenvalue weighted by atomic mass is 10.1. The van der Waals surface area contributed by atoms with Crippen molar-refractivity contribution in [3.05, 3.63) is 57.9 Å². The zero-order chi connectivity index (χ0) is 13.3. The van der Waals surface area contributed by atoms with Gasteiger partial charge in [-0.15, -0.1) is 0 Å². The van der Waals surface area contributed by atoms with Crippen molar-refractivity contribution < 1.29 is 9.90 Å². The fourth-order valence-electron chi connectivity index (χ4n) is 1.84. The summed E-state index contributed by atoms with van der Waals surface area (Å²) < 4.78 is 1.05. The number of para-hydroxylation sites is 1. The van der Waals surface area contributed by atoms with E-state index in [4.69, 9.17) is 5.73 Å². The molecule has 1 heterocycles. The third-order valence-corrected chi connectivity index (χ3v) is 2.65. The van der Waals surface area contributed by atoms with E-state index in [0.29, 0.717) is 11.3 Å². The molecule has 5 nitrogen and oxygen atoms in total. The van der Waals surface area contributed by atoms with Gasteiger partial charge in [0.25, 0.3) is 11.5 Å². The molecule has 0 bridgehead atoms. The fourth-order valence-corrected chi connectivity index (χ4v) is 1.84. The molecule has 0 radical (unpaired) electrons. The minimum Gasteiger partial charge on any atom is -0.494 e. The van der Waals surface area contributed by atoms with Gasteiger partial charge in [-0.05, 0) is 24.6 Å². The highest BCUT2D eigenvalue weighted by Crippen LogP contribution is 2.17. The molecule has 3 N–H and O–H groups in total. The lowest BCUT2D eigenvalue weighted by Crippen LogP contribution is -2.29. The number of carbonyl (C=O) groups excluding carboxylic acids is 1. The van der Waals surface area contributed by atoms with Crippen LogP contribution in [0.1, 0.15) is 15.9 Å². The van der Waals surface area contributed by atoms with Crippen LogP contribution in [0.5, 0.6) is 5.88 Å². The Kier molecular flexibility index (Phi) is 2.89. The number of hydrogen-bond acceptors (Lipinski definition) is 3. The van der Waals surface area contributed by atoms with Crippen molar-refractivity contribution in [3.8, 4) is 11.6 Å². The van der Waals surface area contributed by atoms with Gasteiger partial charge >= 0.3 is 0 Å². The molecule has 2 aromatic rings. The molecular formula is C13H12N2O3. The van der Waals surface area contributed by atoms with Crippen molar-refractivity contribution in [2.75, 3.05) is 0 Å². The number of aromatic nitrogens is 1. The van der Waals surface area contributed by atoms with Crippen LogP contribution in [0.2, 0.25) is 0 Å². The Balaban J connectivity index is 2.81. The van der Waals surface area contributed by atoms with Crippen LogP contribution in [0, 0.1) is 6.92 Å². The summed E-state index contributed by atoms with van der Waals surface area (Å²) in [7, 11) is 0.